The second kappa shape index (κ2) is 3.29. The molecule has 0 aromatic rings. The maximum absolute atomic E-state index is 9.90. The van der Waals surface area contributed by atoms with E-state index in [4.69, 9.17) is 5.11 Å². The zero-order chi connectivity index (χ0) is 5.86. The van der Waals surface area contributed by atoms with Gasteiger partial charge in [0.15, 0.2) is 0 Å². The van der Waals surface area contributed by atoms with Crippen LogP contribution in [0.4, 0.5) is 0 Å². The first-order valence-electron chi connectivity index (χ1n) is 2.01. The maximum atomic E-state index is 9.90. The van der Waals surface area contributed by atoms with E-state index in [1.807, 2.05) is 12.5 Å². The molecule has 0 rings (SSSR count). The fraction of sp³-hybridized carbons (Fsp3) is 1.00. The number of rotatable bonds is 2. The molecule has 2 nitrogen and oxygen atoms in total. The molecule has 0 radical (unpaired) electrons. The van der Waals surface area contributed by atoms with Gasteiger partial charge in [0.05, 0.1) is 12.5 Å². The Bertz CT molecular complexity index is 39.0. The summed E-state index contributed by atoms with van der Waals surface area (Å²) in [6.45, 7) is 0. The van der Waals surface area contributed by atoms with Gasteiger partial charge in [-0.15, -0.1) is 0 Å². The largest absolute Gasteiger partial charge is 0.828 e. The summed E-state index contributed by atoms with van der Waals surface area (Å²) in [4.78, 5) is 0. The zero-order valence-electron chi connectivity index (χ0n) is 4.55. The number of aliphatic hydroxyl groups is 1. The van der Waals surface area contributed by atoms with Gasteiger partial charge in [-0.2, -0.15) is 0 Å². The highest BCUT2D eigenvalue weighted by Gasteiger charge is 2.00. The molecule has 1 unspecified atom stereocenters. The number of hydrogen-bond donors (Lipinski definition) is 1. The lowest BCUT2D eigenvalue weighted by molar-refractivity contribution is -0.473. The third kappa shape index (κ3) is 6.27. The van der Waals surface area contributed by atoms with Crippen LogP contribution in [0.1, 0.15) is 0 Å². The molecular weight excluding hydrogens is 112 g/mol. The molecule has 0 saturated heterocycles. The molecule has 0 aliphatic rings. The van der Waals surface area contributed by atoms with Gasteiger partial charge in [-0.05, 0) is 10.9 Å². The molecule has 1 N–H and O–H groups in total. The third-order valence-electron chi connectivity index (χ3n) is 0.476. The van der Waals surface area contributed by atoms with Crippen molar-refractivity contribution in [3.8, 4) is 0 Å². The SMILES string of the molecule is C[S+](C)CC([O-])O. The van der Waals surface area contributed by atoms with E-state index >= 15 is 0 Å². The average Bonchev–Trinajstić information content (AvgIpc) is 1.27. The summed E-state index contributed by atoms with van der Waals surface area (Å²) in [6, 6.07) is 0. The Hall–Kier alpha value is 0.270. The van der Waals surface area contributed by atoms with Crippen molar-refractivity contribution in [2.24, 2.45) is 0 Å². The minimum Gasteiger partial charge on any atom is -0.828 e. The Morgan fingerprint density at radius 2 is 2.14 bits per heavy atom. The molecule has 44 valence electrons. The summed E-state index contributed by atoms with van der Waals surface area (Å²) in [6.07, 6.45) is 2.50. The Kier molecular flexibility index (Phi) is 3.42. The van der Waals surface area contributed by atoms with Crippen LogP contribution in [-0.4, -0.2) is 29.7 Å². The van der Waals surface area contributed by atoms with E-state index in [9.17, 15) is 5.11 Å². The van der Waals surface area contributed by atoms with Crippen LogP contribution in [0.25, 0.3) is 0 Å². The Labute approximate surface area is 46.5 Å². The van der Waals surface area contributed by atoms with Crippen molar-refractivity contribution in [1.29, 1.82) is 0 Å². The molecule has 1 atom stereocenters. The van der Waals surface area contributed by atoms with Crippen LogP contribution in [0.3, 0.4) is 0 Å². The average molecular weight is 122 g/mol. The molecule has 0 bridgehead atoms. The van der Waals surface area contributed by atoms with E-state index in [1.54, 1.807) is 0 Å². The highest BCUT2D eigenvalue weighted by Crippen LogP contribution is 1.82. The summed E-state index contributed by atoms with van der Waals surface area (Å²) in [7, 11) is 0.0918. The minimum atomic E-state index is -1.36. The summed E-state index contributed by atoms with van der Waals surface area (Å²) in [5.74, 6) is 0.389. The summed E-state index contributed by atoms with van der Waals surface area (Å²) in [5.41, 5.74) is 0. The van der Waals surface area contributed by atoms with Crippen LogP contribution in [0, 0.1) is 0 Å². The summed E-state index contributed by atoms with van der Waals surface area (Å²) in [5, 5.41) is 18.1. The van der Waals surface area contributed by atoms with Gasteiger partial charge in [0, 0.05) is 6.29 Å². The fourth-order valence-electron chi connectivity index (χ4n) is 0.285. The van der Waals surface area contributed by atoms with Gasteiger partial charge >= 0.3 is 0 Å². The van der Waals surface area contributed by atoms with Gasteiger partial charge in [0.1, 0.15) is 5.75 Å². The molecule has 3 heteroatoms. The lowest BCUT2D eigenvalue weighted by Crippen LogP contribution is -2.31. The molecule has 0 aliphatic heterocycles. The van der Waals surface area contributed by atoms with Crippen LogP contribution in [0.2, 0.25) is 0 Å². The smallest absolute Gasteiger partial charge is 0.118 e. The lowest BCUT2D eigenvalue weighted by atomic mass is 10.8. The number of aliphatic hydroxyl groups excluding tert-OH is 1. The predicted molar refractivity (Wildman–Crippen MR) is 30.1 cm³/mol. The molecule has 0 amide bonds. The number of hydrogen-bond acceptors (Lipinski definition) is 2. The van der Waals surface area contributed by atoms with Gasteiger partial charge in [0.25, 0.3) is 0 Å². The van der Waals surface area contributed by atoms with Crippen molar-refractivity contribution in [1.82, 2.24) is 0 Å². The van der Waals surface area contributed by atoms with Gasteiger partial charge in [-0.3, -0.25) is 0 Å². The van der Waals surface area contributed by atoms with Crippen LogP contribution in [0.15, 0.2) is 0 Å². The second-order valence-corrected chi connectivity index (χ2v) is 3.91. The molecule has 0 aliphatic carbocycles. The molecule has 0 aromatic carbocycles. The van der Waals surface area contributed by atoms with Crippen molar-refractivity contribution < 1.29 is 10.2 Å². The van der Waals surface area contributed by atoms with Crippen LogP contribution < -0.4 is 5.11 Å². The van der Waals surface area contributed by atoms with Gasteiger partial charge in [-0.25, -0.2) is 0 Å². The first-order valence-corrected chi connectivity index (χ1v) is 4.22. The molecule has 0 heterocycles. The first-order chi connectivity index (χ1) is 3.13. The van der Waals surface area contributed by atoms with E-state index in [0.717, 1.165) is 0 Å². The Morgan fingerprint density at radius 1 is 1.71 bits per heavy atom. The topological polar surface area (TPSA) is 43.3 Å². The minimum absolute atomic E-state index is 0.0918. The van der Waals surface area contributed by atoms with E-state index in [2.05, 4.69) is 0 Å². The van der Waals surface area contributed by atoms with Gasteiger partial charge in [-0.1, -0.05) is 0 Å². The Morgan fingerprint density at radius 3 is 2.14 bits per heavy atom. The van der Waals surface area contributed by atoms with Gasteiger partial charge < -0.3 is 10.2 Å². The third-order valence-corrected chi connectivity index (χ3v) is 1.43. The molecule has 0 saturated carbocycles. The van der Waals surface area contributed by atoms with E-state index in [0.29, 0.717) is 5.75 Å². The van der Waals surface area contributed by atoms with Crippen molar-refractivity contribution in [2.45, 2.75) is 6.29 Å². The summed E-state index contributed by atoms with van der Waals surface area (Å²) >= 11 is 0. The standard InChI is InChI=1S/C4H10O2S/c1-7(2)3-4(5)6/h4-5H,3H2,1-2H3. The maximum Gasteiger partial charge on any atom is 0.118 e. The quantitative estimate of drug-likeness (QED) is 0.359. The van der Waals surface area contributed by atoms with Crippen LogP contribution in [-0.2, 0) is 10.9 Å². The lowest BCUT2D eigenvalue weighted by Gasteiger charge is -2.09. The predicted octanol–water partition coefficient (Wildman–Crippen LogP) is -1.46. The van der Waals surface area contributed by atoms with E-state index in [-0.39, 0.29) is 10.9 Å². The van der Waals surface area contributed by atoms with Crippen LogP contribution in [0.5, 0.6) is 0 Å². The normalized spacial score (nSPS) is 15.0. The first kappa shape index (κ1) is 7.27. The van der Waals surface area contributed by atoms with Crippen molar-refractivity contribution in [2.75, 3.05) is 18.3 Å². The fourth-order valence-corrected chi connectivity index (χ4v) is 0.855. The molecule has 0 aromatic heterocycles. The Balaban J connectivity index is 2.95. The monoisotopic (exact) mass is 122 g/mol. The van der Waals surface area contributed by atoms with E-state index in [1.165, 1.54) is 0 Å². The highest BCUT2D eigenvalue weighted by atomic mass is 32.2. The molecular formula is C4H10O2S. The van der Waals surface area contributed by atoms with Crippen molar-refractivity contribution in [3.05, 3.63) is 0 Å². The van der Waals surface area contributed by atoms with Crippen molar-refractivity contribution in [3.63, 3.8) is 0 Å². The van der Waals surface area contributed by atoms with E-state index < -0.39 is 6.29 Å². The van der Waals surface area contributed by atoms with Crippen molar-refractivity contribution >= 4 is 10.9 Å². The summed E-state index contributed by atoms with van der Waals surface area (Å²) < 4.78 is 0. The van der Waals surface area contributed by atoms with Gasteiger partial charge in [0.2, 0.25) is 0 Å². The molecule has 7 heavy (non-hydrogen) atoms. The molecule has 0 fully saturated rings. The van der Waals surface area contributed by atoms with Crippen LogP contribution >= 0.6 is 0 Å². The zero-order valence-corrected chi connectivity index (χ0v) is 5.36. The molecule has 0 spiro atoms. The highest BCUT2D eigenvalue weighted by molar-refractivity contribution is 7.95. The second-order valence-electron chi connectivity index (χ2n) is 1.61.